The zero-order chi connectivity index (χ0) is 16.8. The smallest absolute Gasteiger partial charge is 0.243 e. The van der Waals surface area contributed by atoms with Crippen molar-refractivity contribution < 1.29 is 13.9 Å². The molecule has 2 N–H and O–H groups in total. The molecule has 0 spiro atoms. The van der Waals surface area contributed by atoms with Gasteiger partial charge in [0, 0.05) is 5.02 Å². The van der Waals surface area contributed by atoms with Crippen molar-refractivity contribution in [2.45, 2.75) is 6.92 Å². The number of rotatable bonds is 6. The number of hydrogen-bond donors (Lipinski definition) is 2. The molecule has 0 aromatic heterocycles. The maximum atomic E-state index is 13.5. The lowest BCUT2D eigenvalue weighted by Crippen LogP contribution is -2.22. The van der Waals surface area contributed by atoms with Crippen molar-refractivity contribution in [3.63, 3.8) is 0 Å². The van der Waals surface area contributed by atoms with Gasteiger partial charge in [0.05, 0.1) is 29.0 Å². The number of hydrogen-bond acceptors (Lipinski definition) is 3. The Morgan fingerprint density at radius 3 is 2.74 bits per heavy atom. The molecule has 0 aliphatic heterocycles. The lowest BCUT2D eigenvalue weighted by atomic mass is 10.2. The Bertz CT molecular complexity index is 712. The summed E-state index contributed by atoms with van der Waals surface area (Å²) >= 11 is 9.38. The summed E-state index contributed by atoms with van der Waals surface area (Å²) in [6, 6.07) is 9.35. The summed E-state index contributed by atoms with van der Waals surface area (Å²) in [6.45, 7) is 2.27. The van der Waals surface area contributed by atoms with E-state index in [4.69, 9.17) is 16.3 Å². The Kier molecular flexibility index (Phi) is 6.24. The van der Waals surface area contributed by atoms with Crippen LogP contribution in [0.4, 0.5) is 15.8 Å². The van der Waals surface area contributed by atoms with Gasteiger partial charge in [0.1, 0.15) is 5.82 Å². The lowest BCUT2D eigenvalue weighted by molar-refractivity contribution is -0.114. The minimum absolute atomic E-state index is 0.0544. The Morgan fingerprint density at radius 2 is 2.04 bits per heavy atom. The molecule has 23 heavy (non-hydrogen) atoms. The van der Waals surface area contributed by atoms with Gasteiger partial charge in [-0.25, -0.2) is 4.39 Å². The number of nitrogens with one attached hydrogen (secondary N) is 2. The summed E-state index contributed by atoms with van der Waals surface area (Å²) in [4.78, 5) is 12.0. The molecule has 2 rings (SSSR count). The van der Waals surface area contributed by atoms with E-state index in [-0.39, 0.29) is 18.1 Å². The summed E-state index contributed by atoms with van der Waals surface area (Å²) in [6.07, 6.45) is 0. The molecule has 2 aromatic carbocycles. The molecule has 0 radical (unpaired) electrons. The van der Waals surface area contributed by atoms with Crippen LogP contribution in [0, 0.1) is 5.82 Å². The number of amides is 1. The molecule has 0 unspecified atom stereocenters. The summed E-state index contributed by atoms with van der Waals surface area (Å²) in [7, 11) is 0. The third-order valence-electron chi connectivity index (χ3n) is 2.88. The van der Waals surface area contributed by atoms with Gasteiger partial charge in [-0.2, -0.15) is 0 Å². The van der Waals surface area contributed by atoms with Crippen molar-refractivity contribution in [2.75, 3.05) is 23.8 Å². The largest absolute Gasteiger partial charge is 0.491 e. The third kappa shape index (κ3) is 4.84. The van der Waals surface area contributed by atoms with Crippen LogP contribution in [0.15, 0.2) is 40.9 Å². The van der Waals surface area contributed by atoms with Crippen LogP contribution in [-0.2, 0) is 4.79 Å². The molecule has 122 valence electrons. The van der Waals surface area contributed by atoms with Crippen LogP contribution in [0.3, 0.4) is 0 Å². The topological polar surface area (TPSA) is 50.4 Å². The standard InChI is InChI=1S/C16H15BrClFN2O2/c1-2-23-16-11(17)7-10(18)8-14(16)20-9-15(22)21-13-6-4-3-5-12(13)19/h3-8,20H,2,9H2,1H3,(H,21,22). The molecule has 0 bridgehead atoms. The molecule has 0 saturated heterocycles. The van der Waals surface area contributed by atoms with Crippen LogP contribution in [0.25, 0.3) is 0 Å². The fourth-order valence-corrected chi connectivity index (χ4v) is 2.84. The van der Waals surface area contributed by atoms with Crippen LogP contribution in [-0.4, -0.2) is 19.1 Å². The van der Waals surface area contributed by atoms with E-state index in [1.807, 2.05) is 6.92 Å². The minimum Gasteiger partial charge on any atom is -0.491 e. The van der Waals surface area contributed by atoms with Crippen molar-refractivity contribution in [1.29, 1.82) is 0 Å². The van der Waals surface area contributed by atoms with Crippen LogP contribution in [0.2, 0.25) is 5.02 Å². The van der Waals surface area contributed by atoms with Gasteiger partial charge >= 0.3 is 0 Å². The number of carbonyl (C=O) groups excluding carboxylic acids is 1. The third-order valence-corrected chi connectivity index (χ3v) is 3.69. The molecular formula is C16H15BrClFN2O2. The van der Waals surface area contributed by atoms with Crippen LogP contribution < -0.4 is 15.4 Å². The predicted molar refractivity (Wildman–Crippen MR) is 93.8 cm³/mol. The van der Waals surface area contributed by atoms with Gasteiger partial charge < -0.3 is 15.4 Å². The Hall–Kier alpha value is -1.79. The quantitative estimate of drug-likeness (QED) is 0.738. The van der Waals surface area contributed by atoms with Gasteiger partial charge in [0.15, 0.2) is 5.75 Å². The van der Waals surface area contributed by atoms with Crippen molar-refractivity contribution >= 4 is 44.8 Å². The van der Waals surface area contributed by atoms with E-state index in [9.17, 15) is 9.18 Å². The highest BCUT2D eigenvalue weighted by Crippen LogP contribution is 2.36. The Labute approximate surface area is 147 Å². The van der Waals surface area contributed by atoms with Crippen molar-refractivity contribution in [1.82, 2.24) is 0 Å². The molecule has 2 aromatic rings. The van der Waals surface area contributed by atoms with Crippen LogP contribution in [0.1, 0.15) is 6.92 Å². The fraction of sp³-hybridized carbons (Fsp3) is 0.188. The minimum atomic E-state index is -0.485. The number of carbonyl (C=O) groups is 1. The Morgan fingerprint density at radius 1 is 1.30 bits per heavy atom. The number of ether oxygens (including phenoxy) is 1. The maximum Gasteiger partial charge on any atom is 0.243 e. The second-order valence-electron chi connectivity index (χ2n) is 4.58. The van der Waals surface area contributed by atoms with E-state index in [0.29, 0.717) is 27.5 Å². The zero-order valence-corrected chi connectivity index (χ0v) is 14.7. The second-order valence-corrected chi connectivity index (χ2v) is 5.87. The first kappa shape index (κ1) is 17.6. The van der Waals surface area contributed by atoms with Gasteiger partial charge in [-0.15, -0.1) is 0 Å². The number of anilines is 2. The second kappa shape index (κ2) is 8.17. The molecule has 4 nitrogen and oxygen atoms in total. The van der Waals surface area contributed by atoms with Crippen molar-refractivity contribution in [3.8, 4) is 5.75 Å². The molecule has 0 fully saturated rings. The fourth-order valence-electron chi connectivity index (χ4n) is 1.92. The molecule has 0 saturated carbocycles. The van der Waals surface area contributed by atoms with E-state index in [2.05, 4.69) is 26.6 Å². The summed E-state index contributed by atoms with van der Waals surface area (Å²) in [5.74, 6) is -0.300. The monoisotopic (exact) mass is 400 g/mol. The molecule has 0 aliphatic rings. The maximum absolute atomic E-state index is 13.5. The van der Waals surface area contributed by atoms with Gasteiger partial charge in [0.2, 0.25) is 5.91 Å². The molecule has 0 heterocycles. The summed E-state index contributed by atoms with van der Waals surface area (Å²) in [5.41, 5.74) is 0.714. The normalized spacial score (nSPS) is 10.3. The molecule has 0 aliphatic carbocycles. The molecule has 1 amide bonds. The zero-order valence-electron chi connectivity index (χ0n) is 12.3. The van der Waals surface area contributed by atoms with Gasteiger partial charge in [-0.1, -0.05) is 23.7 Å². The molecule has 7 heteroatoms. The molecular weight excluding hydrogens is 387 g/mol. The lowest BCUT2D eigenvalue weighted by Gasteiger charge is -2.14. The van der Waals surface area contributed by atoms with Crippen molar-refractivity contribution in [3.05, 3.63) is 51.7 Å². The average molecular weight is 402 g/mol. The number of benzene rings is 2. The summed E-state index contributed by atoms with van der Waals surface area (Å²) < 4.78 is 19.7. The van der Waals surface area contributed by atoms with Gasteiger partial charge in [0.25, 0.3) is 0 Å². The first-order valence-electron chi connectivity index (χ1n) is 6.91. The van der Waals surface area contributed by atoms with E-state index in [1.165, 1.54) is 12.1 Å². The van der Waals surface area contributed by atoms with E-state index < -0.39 is 5.82 Å². The highest BCUT2D eigenvalue weighted by molar-refractivity contribution is 9.10. The van der Waals surface area contributed by atoms with E-state index in [1.54, 1.807) is 24.3 Å². The van der Waals surface area contributed by atoms with Crippen LogP contribution in [0.5, 0.6) is 5.75 Å². The Balaban J connectivity index is 2.05. The van der Waals surface area contributed by atoms with E-state index in [0.717, 1.165) is 0 Å². The van der Waals surface area contributed by atoms with Gasteiger partial charge in [-0.05, 0) is 47.1 Å². The van der Waals surface area contributed by atoms with Gasteiger partial charge in [-0.3, -0.25) is 4.79 Å². The summed E-state index contributed by atoms with van der Waals surface area (Å²) in [5, 5.41) is 5.94. The average Bonchev–Trinajstić information content (AvgIpc) is 2.50. The molecule has 0 atom stereocenters. The van der Waals surface area contributed by atoms with E-state index >= 15 is 0 Å². The highest BCUT2D eigenvalue weighted by Gasteiger charge is 2.12. The number of halogens is 3. The predicted octanol–water partition coefficient (Wildman–Crippen LogP) is 4.69. The first-order chi connectivity index (χ1) is 11.0. The first-order valence-corrected chi connectivity index (χ1v) is 8.08. The number of para-hydroxylation sites is 1. The highest BCUT2D eigenvalue weighted by atomic mass is 79.9. The van der Waals surface area contributed by atoms with Crippen LogP contribution >= 0.6 is 27.5 Å². The van der Waals surface area contributed by atoms with Crippen molar-refractivity contribution in [2.24, 2.45) is 0 Å². The SMILES string of the molecule is CCOc1c(Br)cc(Cl)cc1NCC(=O)Nc1ccccc1F.